The van der Waals surface area contributed by atoms with E-state index in [0.29, 0.717) is 11.7 Å². The van der Waals surface area contributed by atoms with Gasteiger partial charge in [0.15, 0.2) is 5.82 Å². The Morgan fingerprint density at radius 1 is 1.26 bits per heavy atom. The van der Waals surface area contributed by atoms with E-state index in [0.717, 1.165) is 47.4 Å². The molecule has 1 aliphatic rings. The molecule has 0 atom stereocenters. The van der Waals surface area contributed by atoms with Crippen LogP contribution in [0.5, 0.6) is 0 Å². The second-order valence-corrected chi connectivity index (χ2v) is 5.62. The number of rotatable bonds is 2. The lowest BCUT2D eigenvalue weighted by molar-refractivity contribution is 0.0792. The largest absolute Gasteiger partial charge is 0.381 e. The first kappa shape index (κ1) is 12.7. The molecule has 1 aromatic carbocycles. The molecule has 0 spiro atoms. The molecule has 0 amide bonds. The summed E-state index contributed by atoms with van der Waals surface area (Å²) in [6, 6.07) is 8.03. The summed E-state index contributed by atoms with van der Waals surface area (Å²) in [4.78, 5) is 0. The summed E-state index contributed by atoms with van der Waals surface area (Å²) in [6.45, 7) is 1.53. The topological polar surface area (TPSA) is 61.3 Å². The molecule has 19 heavy (non-hydrogen) atoms. The molecule has 100 valence electrons. The number of nitrogens with two attached hydrogens (primary N) is 1. The Labute approximate surface area is 120 Å². The standard InChI is InChI=1S/C14H15BrN2O2/c15-11-3-1-2-10(8-11)12-13(19-17-14(12)16)9-4-6-18-7-5-9/h1-3,8-9H,4-7H2,(H2,16,17). The van der Waals surface area contributed by atoms with E-state index in [2.05, 4.69) is 21.1 Å². The zero-order valence-electron chi connectivity index (χ0n) is 10.4. The van der Waals surface area contributed by atoms with E-state index in [-0.39, 0.29) is 0 Å². The minimum atomic E-state index is 0.340. The van der Waals surface area contributed by atoms with Crippen molar-refractivity contribution < 1.29 is 9.26 Å². The molecule has 0 radical (unpaired) electrons. The number of hydrogen-bond acceptors (Lipinski definition) is 4. The lowest BCUT2D eigenvalue weighted by Gasteiger charge is -2.20. The Morgan fingerprint density at radius 3 is 2.79 bits per heavy atom. The number of benzene rings is 1. The minimum absolute atomic E-state index is 0.340. The molecule has 1 aliphatic heterocycles. The first-order valence-corrected chi connectivity index (χ1v) is 7.13. The zero-order valence-corrected chi connectivity index (χ0v) is 12.0. The highest BCUT2D eigenvalue weighted by Gasteiger charge is 2.26. The van der Waals surface area contributed by atoms with Gasteiger partial charge in [-0.2, -0.15) is 0 Å². The van der Waals surface area contributed by atoms with Crippen LogP contribution in [0.3, 0.4) is 0 Å². The van der Waals surface area contributed by atoms with Crippen LogP contribution in [0, 0.1) is 0 Å². The van der Waals surface area contributed by atoms with Crippen LogP contribution in [-0.2, 0) is 4.74 Å². The predicted octanol–water partition coefficient (Wildman–Crippen LogP) is 3.58. The van der Waals surface area contributed by atoms with E-state index in [1.807, 2.05) is 24.3 Å². The Hall–Kier alpha value is -1.33. The fourth-order valence-electron chi connectivity index (χ4n) is 2.49. The molecule has 2 heterocycles. The molecule has 0 aliphatic carbocycles. The average molecular weight is 323 g/mol. The van der Waals surface area contributed by atoms with Crippen molar-refractivity contribution in [3.05, 3.63) is 34.5 Å². The second kappa shape index (κ2) is 5.35. The van der Waals surface area contributed by atoms with E-state index >= 15 is 0 Å². The summed E-state index contributed by atoms with van der Waals surface area (Å²) in [5.41, 5.74) is 7.94. The van der Waals surface area contributed by atoms with Gasteiger partial charge < -0.3 is 15.0 Å². The van der Waals surface area contributed by atoms with Crippen LogP contribution in [0.2, 0.25) is 0 Å². The molecule has 0 unspecified atom stereocenters. The van der Waals surface area contributed by atoms with Gasteiger partial charge in [-0.25, -0.2) is 0 Å². The highest BCUT2D eigenvalue weighted by atomic mass is 79.9. The van der Waals surface area contributed by atoms with Crippen molar-refractivity contribution in [3.63, 3.8) is 0 Å². The molecule has 0 saturated carbocycles. The lowest BCUT2D eigenvalue weighted by atomic mass is 9.92. The summed E-state index contributed by atoms with van der Waals surface area (Å²) in [5, 5.41) is 3.94. The van der Waals surface area contributed by atoms with Gasteiger partial charge in [0, 0.05) is 23.6 Å². The maximum absolute atomic E-state index is 5.98. The number of aromatic nitrogens is 1. The van der Waals surface area contributed by atoms with Gasteiger partial charge in [0.2, 0.25) is 0 Å². The highest BCUT2D eigenvalue weighted by molar-refractivity contribution is 9.10. The molecular weight excluding hydrogens is 308 g/mol. The Morgan fingerprint density at radius 2 is 2.05 bits per heavy atom. The van der Waals surface area contributed by atoms with Gasteiger partial charge in [-0.3, -0.25) is 0 Å². The molecule has 2 aromatic rings. The summed E-state index contributed by atoms with van der Waals surface area (Å²) in [5.74, 6) is 1.69. The van der Waals surface area contributed by atoms with Crippen LogP contribution < -0.4 is 5.73 Å². The molecule has 1 fully saturated rings. The summed E-state index contributed by atoms with van der Waals surface area (Å²) >= 11 is 3.48. The number of nitrogen functional groups attached to an aromatic ring is 1. The van der Waals surface area contributed by atoms with Crippen molar-refractivity contribution >= 4 is 21.7 Å². The smallest absolute Gasteiger partial charge is 0.175 e. The van der Waals surface area contributed by atoms with Crippen LogP contribution in [0.15, 0.2) is 33.3 Å². The SMILES string of the molecule is Nc1noc(C2CCOCC2)c1-c1cccc(Br)c1. The predicted molar refractivity (Wildman–Crippen MR) is 76.8 cm³/mol. The van der Waals surface area contributed by atoms with Gasteiger partial charge in [0.25, 0.3) is 0 Å². The van der Waals surface area contributed by atoms with Crippen LogP contribution >= 0.6 is 15.9 Å². The number of hydrogen-bond donors (Lipinski definition) is 1. The van der Waals surface area contributed by atoms with E-state index in [1.165, 1.54) is 0 Å². The first-order chi connectivity index (χ1) is 9.25. The number of ether oxygens (including phenoxy) is 1. The molecule has 2 N–H and O–H groups in total. The second-order valence-electron chi connectivity index (χ2n) is 4.70. The fourth-order valence-corrected chi connectivity index (χ4v) is 2.89. The number of nitrogens with zero attached hydrogens (tertiary/aromatic N) is 1. The van der Waals surface area contributed by atoms with Crippen LogP contribution in [0.25, 0.3) is 11.1 Å². The zero-order chi connectivity index (χ0) is 13.2. The molecule has 1 aromatic heterocycles. The van der Waals surface area contributed by atoms with Crippen molar-refractivity contribution in [1.82, 2.24) is 5.16 Å². The van der Waals surface area contributed by atoms with Gasteiger partial charge in [-0.05, 0) is 30.5 Å². The minimum Gasteiger partial charge on any atom is -0.381 e. The van der Waals surface area contributed by atoms with E-state index < -0.39 is 0 Å². The monoisotopic (exact) mass is 322 g/mol. The van der Waals surface area contributed by atoms with Crippen LogP contribution in [0.4, 0.5) is 5.82 Å². The average Bonchev–Trinajstić information content (AvgIpc) is 2.82. The molecule has 5 heteroatoms. The maximum Gasteiger partial charge on any atom is 0.175 e. The van der Waals surface area contributed by atoms with Gasteiger partial charge in [-0.15, -0.1) is 0 Å². The third kappa shape index (κ3) is 2.53. The van der Waals surface area contributed by atoms with E-state index in [9.17, 15) is 0 Å². The molecule has 1 saturated heterocycles. The third-order valence-corrected chi connectivity index (χ3v) is 3.94. The quantitative estimate of drug-likeness (QED) is 0.917. The van der Waals surface area contributed by atoms with Gasteiger partial charge in [0.05, 0.1) is 5.56 Å². The van der Waals surface area contributed by atoms with Gasteiger partial charge in [-0.1, -0.05) is 33.2 Å². The summed E-state index contributed by atoms with van der Waals surface area (Å²) in [7, 11) is 0. The Bertz CT molecular complexity index is 577. The third-order valence-electron chi connectivity index (χ3n) is 3.45. The molecule has 0 bridgehead atoms. The summed E-state index contributed by atoms with van der Waals surface area (Å²) < 4.78 is 11.9. The van der Waals surface area contributed by atoms with Gasteiger partial charge in [0.1, 0.15) is 5.76 Å². The van der Waals surface area contributed by atoms with Crippen molar-refractivity contribution in [3.8, 4) is 11.1 Å². The van der Waals surface area contributed by atoms with E-state index in [1.54, 1.807) is 0 Å². The normalized spacial score (nSPS) is 16.7. The van der Waals surface area contributed by atoms with Crippen molar-refractivity contribution in [2.45, 2.75) is 18.8 Å². The fraction of sp³-hybridized carbons (Fsp3) is 0.357. The molecule has 3 rings (SSSR count). The lowest BCUT2D eigenvalue weighted by Crippen LogP contribution is -2.14. The Kier molecular flexibility index (Phi) is 3.57. The number of halogens is 1. The van der Waals surface area contributed by atoms with Crippen molar-refractivity contribution in [2.75, 3.05) is 18.9 Å². The maximum atomic E-state index is 5.98. The van der Waals surface area contributed by atoms with Crippen molar-refractivity contribution in [1.29, 1.82) is 0 Å². The highest BCUT2D eigenvalue weighted by Crippen LogP contribution is 2.38. The van der Waals surface area contributed by atoms with Crippen molar-refractivity contribution in [2.24, 2.45) is 0 Å². The van der Waals surface area contributed by atoms with Crippen LogP contribution in [0.1, 0.15) is 24.5 Å². The number of anilines is 1. The molecule has 4 nitrogen and oxygen atoms in total. The first-order valence-electron chi connectivity index (χ1n) is 6.34. The van der Waals surface area contributed by atoms with Crippen LogP contribution in [-0.4, -0.2) is 18.4 Å². The van der Waals surface area contributed by atoms with E-state index in [4.69, 9.17) is 15.0 Å². The molecular formula is C14H15BrN2O2. The Balaban J connectivity index is 2.03. The summed E-state index contributed by atoms with van der Waals surface area (Å²) in [6.07, 6.45) is 1.91. The van der Waals surface area contributed by atoms with Gasteiger partial charge >= 0.3 is 0 Å².